The molecule has 1 amide bonds. The van der Waals surface area contributed by atoms with Crippen molar-refractivity contribution in [2.75, 3.05) is 51.2 Å². The van der Waals surface area contributed by atoms with Gasteiger partial charge < -0.3 is 20.2 Å². The summed E-state index contributed by atoms with van der Waals surface area (Å²) in [5.41, 5.74) is 3.41. The standard InChI is InChI=1S/C26H36N6O2/c33-16-15-30-10-6-22(7-11-30)29-25-17-24(27-19-28-25)26(34)31-13-8-23(9-14-31)32-12-5-20-3-1-2-4-21(20)18-32/h1-4,17,19,22-23,33H,5-16,18H2,(H,27,28,29). The lowest BCUT2D eigenvalue weighted by Crippen LogP contribution is -2.48. The Bertz CT molecular complexity index is 969. The highest BCUT2D eigenvalue weighted by atomic mass is 16.3. The SMILES string of the molecule is O=C(c1cc(NC2CCN(CCO)CC2)ncn1)N1CCC(N2CCc3ccccc3C2)CC1. The van der Waals surface area contributed by atoms with Crippen LogP contribution in [0.3, 0.4) is 0 Å². The highest BCUT2D eigenvalue weighted by Gasteiger charge is 2.30. The largest absolute Gasteiger partial charge is 0.395 e. The van der Waals surface area contributed by atoms with Gasteiger partial charge in [-0.15, -0.1) is 0 Å². The minimum absolute atomic E-state index is 0.00524. The summed E-state index contributed by atoms with van der Waals surface area (Å²) in [4.78, 5) is 28.6. The van der Waals surface area contributed by atoms with Gasteiger partial charge in [-0.2, -0.15) is 0 Å². The summed E-state index contributed by atoms with van der Waals surface area (Å²) in [6, 6.07) is 11.4. The first kappa shape index (κ1) is 23.2. The Morgan fingerprint density at radius 1 is 1.00 bits per heavy atom. The first-order chi connectivity index (χ1) is 16.7. The van der Waals surface area contributed by atoms with Gasteiger partial charge in [0.15, 0.2) is 0 Å². The van der Waals surface area contributed by atoms with Crippen molar-refractivity contribution in [2.24, 2.45) is 0 Å². The number of aromatic nitrogens is 2. The molecule has 8 heteroatoms. The van der Waals surface area contributed by atoms with Crippen molar-refractivity contribution in [1.82, 2.24) is 24.7 Å². The number of hydrogen-bond donors (Lipinski definition) is 2. The fraction of sp³-hybridized carbons (Fsp3) is 0.577. The first-order valence-corrected chi connectivity index (χ1v) is 12.7. The molecule has 2 aromatic rings. The van der Waals surface area contributed by atoms with Gasteiger partial charge in [0, 0.05) is 64.0 Å². The zero-order valence-corrected chi connectivity index (χ0v) is 19.9. The molecule has 8 nitrogen and oxygen atoms in total. The van der Waals surface area contributed by atoms with Gasteiger partial charge in [-0.1, -0.05) is 24.3 Å². The summed E-state index contributed by atoms with van der Waals surface area (Å²) in [6.45, 7) is 6.55. The number of amides is 1. The number of nitrogens with one attached hydrogen (secondary N) is 1. The average molecular weight is 465 g/mol. The third-order valence-corrected chi connectivity index (χ3v) is 7.67. The van der Waals surface area contributed by atoms with E-state index in [0.717, 1.165) is 83.7 Å². The van der Waals surface area contributed by atoms with Gasteiger partial charge in [0.25, 0.3) is 5.91 Å². The van der Waals surface area contributed by atoms with Crippen LogP contribution < -0.4 is 5.32 Å². The van der Waals surface area contributed by atoms with Crippen LogP contribution in [0.4, 0.5) is 5.82 Å². The number of nitrogens with zero attached hydrogens (tertiary/aromatic N) is 5. The lowest BCUT2D eigenvalue weighted by atomic mass is 9.95. The molecule has 5 rings (SSSR count). The van der Waals surface area contributed by atoms with Crippen LogP contribution >= 0.6 is 0 Å². The maximum absolute atomic E-state index is 13.2. The predicted molar refractivity (Wildman–Crippen MR) is 132 cm³/mol. The van der Waals surface area contributed by atoms with Crippen LogP contribution in [-0.2, 0) is 13.0 Å². The number of carbonyl (C=O) groups is 1. The summed E-state index contributed by atoms with van der Waals surface area (Å²) < 4.78 is 0. The number of anilines is 1. The number of rotatable bonds is 6. The topological polar surface area (TPSA) is 84.8 Å². The van der Waals surface area contributed by atoms with Crippen molar-refractivity contribution in [2.45, 2.75) is 50.7 Å². The zero-order chi connectivity index (χ0) is 23.3. The van der Waals surface area contributed by atoms with Crippen molar-refractivity contribution < 1.29 is 9.90 Å². The highest BCUT2D eigenvalue weighted by Crippen LogP contribution is 2.25. The number of aliphatic hydroxyl groups is 1. The van der Waals surface area contributed by atoms with Crippen molar-refractivity contribution in [1.29, 1.82) is 0 Å². The molecule has 0 spiro atoms. The maximum Gasteiger partial charge on any atom is 0.272 e. The number of carbonyl (C=O) groups excluding carboxylic acids is 1. The van der Waals surface area contributed by atoms with Gasteiger partial charge in [0.1, 0.15) is 17.8 Å². The Labute approximate surface area is 202 Å². The van der Waals surface area contributed by atoms with E-state index in [0.29, 0.717) is 17.8 Å². The number of likely N-dealkylation sites (tertiary alicyclic amines) is 2. The molecule has 2 fully saturated rings. The summed E-state index contributed by atoms with van der Waals surface area (Å²) in [6.07, 6.45) is 6.64. The van der Waals surface area contributed by atoms with Crippen molar-refractivity contribution in [3.63, 3.8) is 0 Å². The van der Waals surface area contributed by atoms with Gasteiger partial charge in [-0.25, -0.2) is 9.97 Å². The van der Waals surface area contributed by atoms with E-state index in [1.54, 1.807) is 6.07 Å². The van der Waals surface area contributed by atoms with E-state index in [2.05, 4.69) is 49.4 Å². The van der Waals surface area contributed by atoms with Gasteiger partial charge in [0.05, 0.1) is 6.61 Å². The first-order valence-electron chi connectivity index (χ1n) is 12.7. The van der Waals surface area contributed by atoms with Crippen LogP contribution in [0.2, 0.25) is 0 Å². The van der Waals surface area contributed by atoms with E-state index in [9.17, 15) is 4.79 Å². The number of aliphatic hydroxyl groups excluding tert-OH is 1. The Morgan fingerprint density at radius 2 is 1.76 bits per heavy atom. The number of hydrogen-bond acceptors (Lipinski definition) is 7. The van der Waals surface area contributed by atoms with Crippen molar-refractivity contribution in [3.05, 3.63) is 53.5 Å². The molecule has 0 aliphatic carbocycles. The second kappa shape index (κ2) is 10.8. The minimum atomic E-state index is 0.00524. The van der Waals surface area contributed by atoms with Gasteiger partial charge >= 0.3 is 0 Å². The number of piperidine rings is 2. The molecule has 0 unspecified atom stereocenters. The molecular formula is C26H36N6O2. The Hall–Kier alpha value is -2.55. The lowest BCUT2D eigenvalue weighted by Gasteiger charge is -2.40. The predicted octanol–water partition coefficient (Wildman–Crippen LogP) is 2.01. The molecule has 2 N–H and O–H groups in total. The molecule has 3 aliphatic heterocycles. The van der Waals surface area contributed by atoms with Crippen LogP contribution in [0.15, 0.2) is 36.7 Å². The summed E-state index contributed by atoms with van der Waals surface area (Å²) in [5.74, 6) is 0.728. The number of β-amino-alcohol motifs (C(OH)–C–C–N with tert-alkyl or cyclic N) is 1. The highest BCUT2D eigenvalue weighted by molar-refractivity contribution is 5.93. The molecule has 3 aliphatic rings. The van der Waals surface area contributed by atoms with Gasteiger partial charge in [-0.05, 0) is 43.2 Å². The summed E-state index contributed by atoms with van der Waals surface area (Å²) in [5, 5.41) is 12.6. The quantitative estimate of drug-likeness (QED) is 0.677. The molecule has 0 bridgehead atoms. The molecule has 34 heavy (non-hydrogen) atoms. The fourth-order valence-electron chi connectivity index (χ4n) is 5.63. The monoisotopic (exact) mass is 464 g/mol. The molecule has 2 saturated heterocycles. The van der Waals surface area contributed by atoms with Crippen LogP contribution in [0.1, 0.15) is 47.3 Å². The third-order valence-electron chi connectivity index (χ3n) is 7.67. The normalized spacial score (nSPS) is 20.8. The van der Waals surface area contributed by atoms with E-state index in [4.69, 9.17) is 5.11 Å². The smallest absolute Gasteiger partial charge is 0.272 e. The molecule has 1 aromatic heterocycles. The van der Waals surface area contributed by atoms with Crippen LogP contribution in [0, 0.1) is 0 Å². The number of benzene rings is 1. The third kappa shape index (κ3) is 5.40. The van der Waals surface area contributed by atoms with E-state index in [1.807, 2.05) is 4.90 Å². The molecule has 1 aromatic carbocycles. The average Bonchev–Trinajstić information content (AvgIpc) is 2.89. The maximum atomic E-state index is 13.2. The van der Waals surface area contributed by atoms with E-state index >= 15 is 0 Å². The fourth-order valence-corrected chi connectivity index (χ4v) is 5.63. The van der Waals surface area contributed by atoms with Crippen LogP contribution in [0.5, 0.6) is 0 Å². The Balaban J connectivity index is 1.13. The second-order valence-corrected chi connectivity index (χ2v) is 9.78. The van der Waals surface area contributed by atoms with Crippen molar-refractivity contribution in [3.8, 4) is 0 Å². The van der Waals surface area contributed by atoms with E-state index in [1.165, 1.54) is 17.5 Å². The second-order valence-electron chi connectivity index (χ2n) is 9.78. The summed E-state index contributed by atoms with van der Waals surface area (Å²) >= 11 is 0. The van der Waals surface area contributed by atoms with Crippen molar-refractivity contribution >= 4 is 11.7 Å². The van der Waals surface area contributed by atoms with Gasteiger partial charge in [-0.3, -0.25) is 9.69 Å². The van der Waals surface area contributed by atoms with Crippen LogP contribution in [0.25, 0.3) is 0 Å². The van der Waals surface area contributed by atoms with E-state index < -0.39 is 0 Å². The minimum Gasteiger partial charge on any atom is -0.395 e. The molecule has 4 heterocycles. The molecule has 0 radical (unpaired) electrons. The molecule has 182 valence electrons. The van der Waals surface area contributed by atoms with Gasteiger partial charge in [0.2, 0.25) is 0 Å². The molecule has 0 saturated carbocycles. The number of fused-ring (bicyclic) bond motifs is 1. The summed E-state index contributed by atoms with van der Waals surface area (Å²) in [7, 11) is 0. The Morgan fingerprint density at radius 3 is 2.53 bits per heavy atom. The van der Waals surface area contributed by atoms with E-state index in [-0.39, 0.29) is 12.5 Å². The lowest BCUT2D eigenvalue weighted by molar-refractivity contribution is 0.0594. The zero-order valence-electron chi connectivity index (χ0n) is 19.9. The van der Waals surface area contributed by atoms with Crippen LogP contribution in [-0.4, -0.2) is 93.6 Å². The molecular weight excluding hydrogens is 428 g/mol. The molecule has 0 atom stereocenters. The Kier molecular flexibility index (Phi) is 7.37.